The maximum atomic E-state index is 12.4. The van der Waals surface area contributed by atoms with Gasteiger partial charge in [0.25, 0.3) is 5.91 Å². The molecule has 2 heterocycles. The standard InChI is InChI=1S/C20H25N3O4/c1-26-13-14-5-7-23(8-6-14)19-4-3-16(12-21-19)22-20(25)15-9-17(24)11-18(10-15)27-2/h3-4,9-12,14,24H,5-8,13H2,1-2H3,(H,22,25). The van der Waals surface area contributed by atoms with Crippen LogP contribution in [0.1, 0.15) is 23.2 Å². The lowest BCUT2D eigenvalue weighted by Crippen LogP contribution is -2.35. The molecule has 0 aliphatic carbocycles. The van der Waals surface area contributed by atoms with Gasteiger partial charge in [-0.2, -0.15) is 0 Å². The fourth-order valence-electron chi connectivity index (χ4n) is 3.25. The molecule has 1 aromatic carbocycles. The van der Waals surface area contributed by atoms with Gasteiger partial charge >= 0.3 is 0 Å². The van der Waals surface area contributed by atoms with E-state index >= 15 is 0 Å². The molecule has 27 heavy (non-hydrogen) atoms. The molecule has 1 amide bonds. The number of nitrogens with one attached hydrogen (secondary N) is 1. The van der Waals surface area contributed by atoms with Crippen molar-refractivity contribution in [1.82, 2.24) is 4.98 Å². The van der Waals surface area contributed by atoms with E-state index in [1.54, 1.807) is 19.4 Å². The minimum Gasteiger partial charge on any atom is -0.508 e. The van der Waals surface area contributed by atoms with E-state index < -0.39 is 0 Å². The summed E-state index contributed by atoms with van der Waals surface area (Å²) in [4.78, 5) is 19.1. The third kappa shape index (κ3) is 4.89. The molecule has 3 rings (SSSR count). The van der Waals surface area contributed by atoms with Crippen LogP contribution >= 0.6 is 0 Å². The van der Waals surface area contributed by atoms with Gasteiger partial charge in [0.1, 0.15) is 17.3 Å². The van der Waals surface area contributed by atoms with Crippen LogP contribution in [-0.2, 0) is 4.74 Å². The van der Waals surface area contributed by atoms with E-state index in [1.807, 2.05) is 12.1 Å². The summed E-state index contributed by atoms with van der Waals surface area (Å²) >= 11 is 0. The quantitative estimate of drug-likeness (QED) is 0.812. The number of phenols is 1. The number of piperidine rings is 1. The van der Waals surface area contributed by atoms with E-state index in [0.717, 1.165) is 38.4 Å². The minimum atomic E-state index is -0.334. The van der Waals surface area contributed by atoms with Crippen LogP contribution in [0.25, 0.3) is 0 Å². The van der Waals surface area contributed by atoms with Crippen LogP contribution in [0.4, 0.5) is 11.5 Å². The number of amides is 1. The monoisotopic (exact) mass is 371 g/mol. The summed E-state index contributed by atoms with van der Waals surface area (Å²) in [5.41, 5.74) is 0.913. The molecule has 1 aliphatic rings. The van der Waals surface area contributed by atoms with Crippen molar-refractivity contribution >= 4 is 17.4 Å². The van der Waals surface area contributed by atoms with Crippen molar-refractivity contribution in [2.24, 2.45) is 5.92 Å². The molecule has 1 aromatic heterocycles. The number of ether oxygens (including phenoxy) is 2. The Bertz CT molecular complexity index is 771. The Morgan fingerprint density at radius 1 is 1.26 bits per heavy atom. The molecule has 7 heteroatoms. The Kier molecular flexibility index (Phi) is 6.13. The number of pyridine rings is 1. The van der Waals surface area contributed by atoms with E-state index in [-0.39, 0.29) is 11.7 Å². The number of hydrogen-bond acceptors (Lipinski definition) is 6. The molecule has 0 bridgehead atoms. The number of nitrogens with zero attached hydrogens (tertiary/aromatic N) is 2. The molecule has 0 saturated carbocycles. The SMILES string of the molecule is COCC1CCN(c2ccc(NC(=O)c3cc(O)cc(OC)c3)cn2)CC1. The number of rotatable bonds is 6. The van der Waals surface area contributed by atoms with Crippen molar-refractivity contribution in [3.05, 3.63) is 42.1 Å². The molecule has 0 atom stereocenters. The molecule has 1 aliphatic heterocycles. The molecule has 2 aromatic rings. The summed E-state index contributed by atoms with van der Waals surface area (Å²) in [5, 5.41) is 12.5. The van der Waals surface area contributed by atoms with Crippen molar-refractivity contribution in [2.75, 3.05) is 44.1 Å². The van der Waals surface area contributed by atoms with Crippen LogP contribution in [0.2, 0.25) is 0 Å². The first-order chi connectivity index (χ1) is 13.1. The number of carbonyl (C=O) groups excluding carboxylic acids is 1. The number of carbonyl (C=O) groups is 1. The molecule has 7 nitrogen and oxygen atoms in total. The van der Waals surface area contributed by atoms with Gasteiger partial charge in [0.05, 0.1) is 19.0 Å². The smallest absolute Gasteiger partial charge is 0.255 e. The fourth-order valence-corrected chi connectivity index (χ4v) is 3.25. The minimum absolute atomic E-state index is 0.0233. The lowest BCUT2D eigenvalue weighted by atomic mass is 9.98. The molecule has 0 unspecified atom stereocenters. The van der Waals surface area contributed by atoms with Crippen LogP contribution in [0.3, 0.4) is 0 Å². The average molecular weight is 371 g/mol. The van der Waals surface area contributed by atoms with Gasteiger partial charge < -0.3 is 24.8 Å². The molecule has 0 radical (unpaired) electrons. The molecule has 1 saturated heterocycles. The first-order valence-corrected chi connectivity index (χ1v) is 8.98. The van der Waals surface area contributed by atoms with Gasteiger partial charge in [-0.1, -0.05) is 0 Å². The summed E-state index contributed by atoms with van der Waals surface area (Å²) in [5.74, 6) is 1.58. The number of methoxy groups -OCH3 is 2. The zero-order valence-corrected chi connectivity index (χ0v) is 15.6. The summed E-state index contributed by atoms with van der Waals surface area (Å²) in [6.45, 7) is 2.72. The van der Waals surface area contributed by atoms with Crippen LogP contribution in [0, 0.1) is 5.92 Å². The van der Waals surface area contributed by atoms with Crippen molar-refractivity contribution in [3.63, 3.8) is 0 Å². The summed E-state index contributed by atoms with van der Waals surface area (Å²) in [6, 6.07) is 8.16. The van der Waals surface area contributed by atoms with Crippen molar-refractivity contribution < 1.29 is 19.4 Å². The van der Waals surface area contributed by atoms with Gasteiger partial charge in [-0.25, -0.2) is 4.98 Å². The maximum Gasteiger partial charge on any atom is 0.255 e. The van der Waals surface area contributed by atoms with Crippen molar-refractivity contribution in [1.29, 1.82) is 0 Å². The number of phenolic OH excluding ortho intramolecular Hbond substituents is 1. The fraction of sp³-hybridized carbons (Fsp3) is 0.400. The van der Waals surface area contributed by atoms with E-state index in [9.17, 15) is 9.90 Å². The number of aromatic hydroxyl groups is 1. The molecule has 2 N–H and O–H groups in total. The van der Waals surface area contributed by atoms with Gasteiger partial charge in [-0.05, 0) is 43.0 Å². The highest BCUT2D eigenvalue weighted by Crippen LogP contribution is 2.24. The molecule has 144 valence electrons. The Balaban J connectivity index is 1.61. The number of hydrogen-bond donors (Lipinski definition) is 2. The topological polar surface area (TPSA) is 83.9 Å². The third-order valence-electron chi connectivity index (χ3n) is 4.74. The van der Waals surface area contributed by atoms with E-state index in [0.29, 0.717) is 22.9 Å². The summed E-state index contributed by atoms with van der Waals surface area (Å²) in [6.07, 6.45) is 3.83. The lowest BCUT2D eigenvalue weighted by Gasteiger charge is -2.32. The second-order valence-corrected chi connectivity index (χ2v) is 6.66. The number of benzene rings is 1. The van der Waals surface area contributed by atoms with E-state index in [4.69, 9.17) is 9.47 Å². The summed E-state index contributed by atoms with van der Waals surface area (Å²) < 4.78 is 10.3. The van der Waals surface area contributed by atoms with E-state index in [1.165, 1.54) is 19.2 Å². The van der Waals surface area contributed by atoms with Crippen LogP contribution in [-0.4, -0.2) is 49.9 Å². The van der Waals surface area contributed by atoms with Crippen molar-refractivity contribution in [2.45, 2.75) is 12.8 Å². The summed E-state index contributed by atoms with van der Waals surface area (Å²) in [7, 11) is 3.23. The zero-order valence-electron chi connectivity index (χ0n) is 15.6. The highest BCUT2D eigenvalue weighted by molar-refractivity contribution is 6.04. The van der Waals surface area contributed by atoms with Gasteiger partial charge in [0.15, 0.2) is 0 Å². The van der Waals surface area contributed by atoms with Crippen LogP contribution in [0.15, 0.2) is 36.5 Å². The normalized spacial score (nSPS) is 14.8. The molecule has 1 fully saturated rings. The second-order valence-electron chi connectivity index (χ2n) is 6.66. The second kappa shape index (κ2) is 8.73. The Morgan fingerprint density at radius 2 is 2.04 bits per heavy atom. The maximum absolute atomic E-state index is 12.4. The van der Waals surface area contributed by atoms with Crippen LogP contribution in [0.5, 0.6) is 11.5 Å². The largest absolute Gasteiger partial charge is 0.508 e. The molecular formula is C20H25N3O4. The lowest BCUT2D eigenvalue weighted by molar-refractivity contribution is 0.102. The van der Waals surface area contributed by atoms with Crippen molar-refractivity contribution in [3.8, 4) is 11.5 Å². The van der Waals surface area contributed by atoms with E-state index in [2.05, 4.69) is 15.2 Å². The highest BCUT2D eigenvalue weighted by atomic mass is 16.5. The Labute approximate surface area is 158 Å². The number of anilines is 2. The molecule has 0 spiro atoms. The third-order valence-corrected chi connectivity index (χ3v) is 4.74. The highest BCUT2D eigenvalue weighted by Gasteiger charge is 2.20. The first kappa shape index (κ1) is 19.0. The van der Waals surface area contributed by atoms with Gasteiger partial charge in [-0.15, -0.1) is 0 Å². The Morgan fingerprint density at radius 3 is 2.67 bits per heavy atom. The van der Waals surface area contributed by atoms with Gasteiger partial charge in [-0.3, -0.25) is 4.79 Å². The predicted molar refractivity (Wildman–Crippen MR) is 104 cm³/mol. The average Bonchev–Trinajstić information content (AvgIpc) is 2.69. The molecular weight excluding hydrogens is 346 g/mol. The predicted octanol–water partition coefficient (Wildman–Crippen LogP) is 2.91. The van der Waals surface area contributed by atoms with Crippen LogP contribution < -0.4 is 15.0 Å². The zero-order chi connectivity index (χ0) is 19.2. The van der Waals surface area contributed by atoms with Gasteiger partial charge in [0, 0.05) is 38.4 Å². The number of aromatic nitrogens is 1. The first-order valence-electron chi connectivity index (χ1n) is 8.98. The Hall–Kier alpha value is -2.80. The van der Waals surface area contributed by atoms with Gasteiger partial charge in [0.2, 0.25) is 0 Å².